The lowest BCUT2D eigenvalue weighted by Gasteiger charge is -2.09. The molecule has 0 aliphatic rings. The Hall–Kier alpha value is -1.65. The number of hydrogen-bond acceptors (Lipinski definition) is 3. The van der Waals surface area contributed by atoms with Crippen LogP contribution >= 0.6 is 23.2 Å². The number of nitrogens with two attached hydrogens (primary N) is 1. The minimum Gasteiger partial charge on any atom is -0.493 e. The van der Waals surface area contributed by atoms with E-state index in [0.717, 1.165) is 0 Å². The van der Waals surface area contributed by atoms with Crippen LogP contribution in [0.4, 0.5) is 5.69 Å². The Labute approximate surface area is 126 Å². The third-order valence-electron chi connectivity index (χ3n) is 2.71. The van der Waals surface area contributed by atoms with Gasteiger partial charge in [0.25, 0.3) is 5.56 Å². The van der Waals surface area contributed by atoms with Crippen LogP contribution in [-0.2, 0) is 6.54 Å². The molecule has 2 N–H and O–H groups in total. The lowest BCUT2D eigenvalue weighted by molar-refractivity contribution is 0.301. The molecule has 4 nitrogen and oxygen atoms in total. The minimum absolute atomic E-state index is 0.0752. The fraction of sp³-hybridized carbons (Fsp3) is 0.214. The van der Waals surface area contributed by atoms with Crippen LogP contribution in [-0.4, -0.2) is 11.2 Å². The summed E-state index contributed by atoms with van der Waals surface area (Å²) in [5.41, 5.74) is 6.13. The van der Waals surface area contributed by atoms with Crippen molar-refractivity contribution in [2.45, 2.75) is 13.0 Å². The smallest absolute Gasteiger partial charge is 0.250 e. The van der Waals surface area contributed by atoms with Crippen LogP contribution in [0.1, 0.15) is 6.42 Å². The number of halogens is 2. The molecular formula is C14H14Cl2N2O2. The van der Waals surface area contributed by atoms with E-state index in [1.54, 1.807) is 35.0 Å². The summed E-state index contributed by atoms with van der Waals surface area (Å²) in [6.45, 7) is 1.02. The lowest BCUT2D eigenvalue weighted by atomic mass is 10.3. The van der Waals surface area contributed by atoms with Crippen LogP contribution in [0.15, 0.2) is 41.3 Å². The van der Waals surface area contributed by atoms with E-state index in [1.807, 2.05) is 0 Å². The van der Waals surface area contributed by atoms with Crippen LogP contribution in [0, 0.1) is 0 Å². The predicted molar refractivity (Wildman–Crippen MR) is 81.7 cm³/mol. The topological polar surface area (TPSA) is 57.2 Å². The molecule has 106 valence electrons. The number of pyridine rings is 1. The van der Waals surface area contributed by atoms with E-state index in [0.29, 0.717) is 41.1 Å². The van der Waals surface area contributed by atoms with Crippen molar-refractivity contribution >= 4 is 28.9 Å². The first-order valence-corrected chi connectivity index (χ1v) is 6.85. The Bertz CT molecular complexity index is 656. The van der Waals surface area contributed by atoms with Gasteiger partial charge in [-0.15, -0.1) is 0 Å². The second-order valence-corrected chi connectivity index (χ2v) is 5.09. The summed E-state index contributed by atoms with van der Waals surface area (Å²) in [5.74, 6) is 0.652. The van der Waals surface area contributed by atoms with Gasteiger partial charge in [-0.25, -0.2) is 0 Å². The highest BCUT2D eigenvalue weighted by Crippen LogP contribution is 2.26. The Kier molecular flexibility index (Phi) is 4.93. The summed E-state index contributed by atoms with van der Waals surface area (Å²) in [5, 5.41) is 0.946. The van der Waals surface area contributed by atoms with E-state index in [-0.39, 0.29) is 5.56 Å². The van der Waals surface area contributed by atoms with Gasteiger partial charge in [0.1, 0.15) is 5.75 Å². The average molecular weight is 313 g/mol. The first-order chi connectivity index (χ1) is 9.56. The molecule has 0 bridgehead atoms. The van der Waals surface area contributed by atoms with Gasteiger partial charge in [-0.3, -0.25) is 4.79 Å². The molecule has 6 heteroatoms. The number of anilines is 1. The first kappa shape index (κ1) is 14.8. The summed E-state index contributed by atoms with van der Waals surface area (Å²) in [6.07, 6.45) is 2.31. The molecule has 0 aliphatic carbocycles. The maximum Gasteiger partial charge on any atom is 0.250 e. The molecule has 0 aliphatic heterocycles. The number of nitrogen functional groups attached to an aromatic ring is 1. The van der Waals surface area contributed by atoms with E-state index >= 15 is 0 Å². The predicted octanol–water partition coefficient (Wildman–Crippen LogP) is 3.21. The fourth-order valence-electron chi connectivity index (χ4n) is 1.72. The van der Waals surface area contributed by atoms with Crippen molar-refractivity contribution < 1.29 is 4.74 Å². The molecule has 0 radical (unpaired) electrons. The van der Waals surface area contributed by atoms with Gasteiger partial charge in [-0.05, 0) is 24.6 Å². The number of nitrogens with zero attached hydrogens (tertiary/aromatic N) is 1. The second kappa shape index (κ2) is 6.68. The molecule has 0 saturated heterocycles. The average Bonchev–Trinajstić information content (AvgIpc) is 2.42. The Balaban J connectivity index is 1.86. The maximum absolute atomic E-state index is 11.6. The molecule has 0 spiro atoms. The summed E-state index contributed by atoms with van der Waals surface area (Å²) in [6, 6.07) is 8.14. The maximum atomic E-state index is 11.6. The van der Waals surface area contributed by atoms with Gasteiger partial charge >= 0.3 is 0 Å². The fourth-order valence-corrected chi connectivity index (χ4v) is 2.00. The number of aryl methyl sites for hydroxylation is 1. The monoisotopic (exact) mass is 312 g/mol. The van der Waals surface area contributed by atoms with Crippen molar-refractivity contribution in [1.29, 1.82) is 0 Å². The molecular weight excluding hydrogens is 299 g/mol. The lowest BCUT2D eigenvalue weighted by Crippen LogP contribution is -2.20. The largest absolute Gasteiger partial charge is 0.493 e. The third kappa shape index (κ3) is 3.92. The van der Waals surface area contributed by atoms with E-state index in [2.05, 4.69) is 0 Å². The van der Waals surface area contributed by atoms with Gasteiger partial charge < -0.3 is 15.0 Å². The van der Waals surface area contributed by atoms with E-state index in [9.17, 15) is 4.79 Å². The second-order valence-electron chi connectivity index (χ2n) is 4.27. The quantitative estimate of drug-likeness (QED) is 0.862. The van der Waals surface area contributed by atoms with Gasteiger partial charge in [-0.1, -0.05) is 23.2 Å². The molecule has 1 aromatic carbocycles. The standard InChI is InChI=1S/C14H14Cl2N2O2/c15-12-4-3-11(8-13(12)16)20-7-1-6-18-9-10(17)2-5-14(18)19/h2-5,8-9H,1,6-7,17H2. The number of ether oxygens (including phenoxy) is 1. The van der Waals surface area contributed by atoms with Gasteiger partial charge in [-0.2, -0.15) is 0 Å². The molecule has 0 amide bonds. The molecule has 0 unspecified atom stereocenters. The van der Waals surface area contributed by atoms with Crippen LogP contribution in [0.5, 0.6) is 5.75 Å². The molecule has 0 saturated carbocycles. The summed E-state index contributed by atoms with van der Waals surface area (Å²) < 4.78 is 7.11. The molecule has 20 heavy (non-hydrogen) atoms. The zero-order valence-corrected chi connectivity index (χ0v) is 12.2. The van der Waals surface area contributed by atoms with E-state index < -0.39 is 0 Å². The van der Waals surface area contributed by atoms with Crippen molar-refractivity contribution in [3.63, 3.8) is 0 Å². The third-order valence-corrected chi connectivity index (χ3v) is 3.45. The molecule has 2 rings (SSSR count). The zero-order valence-electron chi connectivity index (χ0n) is 10.7. The highest BCUT2D eigenvalue weighted by atomic mass is 35.5. The molecule has 1 heterocycles. The molecule has 2 aromatic rings. The van der Waals surface area contributed by atoms with E-state index in [4.69, 9.17) is 33.7 Å². The number of rotatable bonds is 5. The van der Waals surface area contributed by atoms with Gasteiger partial charge in [0.05, 0.1) is 16.7 Å². The van der Waals surface area contributed by atoms with E-state index in [1.165, 1.54) is 6.07 Å². The summed E-state index contributed by atoms with van der Waals surface area (Å²) in [7, 11) is 0. The summed E-state index contributed by atoms with van der Waals surface area (Å²) in [4.78, 5) is 11.6. The van der Waals surface area contributed by atoms with Crippen molar-refractivity contribution in [3.05, 3.63) is 56.9 Å². The number of hydrogen-bond donors (Lipinski definition) is 1. The van der Waals surface area contributed by atoms with Gasteiger partial charge in [0.15, 0.2) is 0 Å². The van der Waals surface area contributed by atoms with Crippen molar-refractivity contribution in [1.82, 2.24) is 4.57 Å². The molecule has 0 fully saturated rings. The van der Waals surface area contributed by atoms with Crippen LogP contribution in [0.3, 0.4) is 0 Å². The molecule has 1 aromatic heterocycles. The van der Waals surface area contributed by atoms with Crippen molar-refractivity contribution in [2.24, 2.45) is 0 Å². The van der Waals surface area contributed by atoms with Crippen LogP contribution < -0.4 is 16.0 Å². The SMILES string of the molecule is Nc1ccc(=O)n(CCCOc2ccc(Cl)c(Cl)c2)c1. The molecule has 0 atom stereocenters. The number of benzene rings is 1. The van der Waals surface area contributed by atoms with Crippen molar-refractivity contribution in [3.8, 4) is 5.75 Å². The highest BCUT2D eigenvalue weighted by molar-refractivity contribution is 6.42. The Morgan fingerprint density at radius 1 is 1.15 bits per heavy atom. The van der Waals surface area contributed by atoms with Crippen molar-refractivity contribution in [2.75, 3.05) is 12.3 Å². The van der Waals surface area contributed by atoms with Crippen LogP contribution in [0.2, 0.25) is 10.0 Å². The van der Waals surface area contributed by atoms with Gasteiger partial charge in [0.2, 0.25) is 0 Å². The Morgan fingerprint density at radius 3 is 2.70 bits per heavy atom. The van der Waals surface area contributed by atoms with Crippen LogP contribution in [0.25, 0.3) is 0 Å². The number of aromatic nitrogens is 1. The Morgan fingerprint density at radius 2 is 1.95 bits per heavy atom. The summed E-state index contributed by atoms with van der Waals surface area (Å²) >= 11 is 11.7. The minimum atomic E-state index is -0.0752. The zero-order chi connectivity index (χ0) is 14.5. The van der Waals surface area contributed by atoms with Gasteiger partial charge in [0, 0.05) is 30.6 Å². The highest BCUT2D eigenvalue weighted by Gasteiger charge is 2.01. The first-order valence-electron chi connectivity index (χ1n) is 6.10. The normalized spacial score (nSPS) is 10.5.